The van der Waals surface area contributed by atoms with E-state index in [1.807, 2.05) is 0 Å². The van der Waals surface area contributed by atoms with Crippen molar-refractivity contribution >= 4 is 5.97 Å². The fraction of sp³-hybridized carbons (Fsp3) is 0.182. The van der Waals surface area contributed by atoms with Gasteiger partial charge in [0.25, 0.3) is 0 Å². The first kappa shape index (κ1) is 10.3. The Bertz CT molecular complexity index is 327. The van der Waals surface area contributed by atoms with Crippen LogP contribution in [0.3, 0.4) is 0 Å². The van der Waals surface area contributed by atoms with Gasteiger partial charge < -0.3 is 9.84 Å². The molecule has 0 aromatic heterocycles. The van der Waals surface area contributed by atoms with E-state index in [1.54, 1.807) is 12.1 Å². The first-order valence-electron chi connectivity index (χ1n) is 4.22. The molecule has 0 aliphatic rings. The number of hydrogen-bond donors (Lipinski definition) is 1. The summed E-state index contributed by atoms with van der Waals surface area (Å²) < 4.78 is 4.99. The number of phenolic OH excluding ortho intramolecular Hbond substituents is 1. The number of benzene rings is 1. The molecular formula is C11H12O3. The van der Waals surface area contributed by atoms with E-state index in [2.05, 4.69) is 6.58 Å². The predicted molar refractivity (Wildman–Crippen MR) is 52.8 cm³/mol. The molecule has 14 heavy (non-hydrogen) atoms. The minimum atomic E-state index is -0.451. The van der Waals surface area contributed by atoms with Crippen molar-refractivity contribution in [3.05, 3.63) is 42.5 Å². The molecule has 0 fully saturated rings. The van der Waals surface area contributed by atoms with Gasteiger partial charge in [-0.25, -0.2) is 0 Å². The lowest BCUT2D eigenvalue weighted by molar-refractivity contribution is -0.144. The molecule has 1 rings (SSSR count). The Hall–Kier alpha value is -1.77. The number of carbonyl (C=O) groups is 1. The summed E-state index contributed by atoms with van der Waals surface area (Å²) in [4.78, 5) is 10.7. The molecule has 0 amide bonds. The monoisotopic (exact) mass is 192 g/mol. The van der Waals surface area contributed by atoms with Gasteiger partial charge in [0.2, 0.25) is 0 Å². The molecule has 0 saturated heterocycles. The van der Waals surface area contributed by atoms with Gasteiger partial charge in [-0.3, -0.25) is 4.79 Å². The number of esters is 1. The summed E-state index contributed by atoms with van der Waals surface area (Å²) in [6.07, 6.45) is 1.08. The third-order valence-corrected chi connectivity index (χ3v) is 1.73. The third kappa shape index (κ3) is 2.62. The van der Waals surface area contributed by atoms with E-state index >= 15 is 0 Å². The van der Waals surface area contributed by atoms with Crippen LogP contribution in [0.1, 0.15) is 18.6 Å². The van der Waals surface area contributed by atoms with Crippen LogP contribution >= 0.6 is 0 Å². The van der Waals surface area contributed by atoms with Crippen molar-refractivity contribution in [2.24, 2.45) is 0 Å². The number of carbonyl (C=O) groups excluding carboxylic acids is 1. The molecule has 0 spiro atoms. The Morgan fingerprint density at radius 2 is 2.07 bits per heavy atom. The summed E-state index contributed by atoms with van der Waals surface area (Å²) in [6.45, 7) is 4.92. The lowest BCUT2D eigenvalue weighted by Crippen LogP contribution is -2.05. The summed E-state index contributed by atoms with van der Waals surface area (Å²) in [7, 11) is 0. The number of hydrogen-bond acceptors (Lipinski definition) is 3. The van der Waals surface area contributed by atoms with Crippen LogP contribution in [-0.2, 0) is 9.53 Å². The van der Waals surface area contributed by atoms with Gasteiger partial charge in [-0.1, -0.05) is 18.7 Å². The first-order valence-corrected chi connectivity index (χ1v) is 4.22. The zero-order chi connectivity index (χ0) is 10.6. The highest BCUT2D eigenvalue weighted by atomic mass is 16.5. The second kappa shape index (κ2) is 4.46. The van der Waals surface area contributed by atoms with Gasteiger partial charge in [0.15, 0.2) is 0 Å². The molecule has 0 radical (unpaired) electrons. The molecular weight excluding hydrogens is 180 g/mol. The van der Waals surface area contributed by atoms with Gasteiger partial charge in [0.05, 0.1) is 0 Å². The molecule has 0 aliphatic heterocycles. The molecule has 0 saturated carbocycles. The molecule has 0 heterocycles. The molecule has 0 aliphatic carbocycles. The van der Waals surface area contributed by atoms with Crippen LogP contribution < -0.4 is 0 Å². The van der Waals surface area contributed by atoms with Gasteiger partial charge in [-0.2, -0.15) is 0 Å². The van der Waals surface area contributed by atoms with Crippen molar-refractivity contribution in [3.63, 3.8) is 0 Å². The van der Waals surface area contributed by atoms with Gasteiger partial charge in [-0.15, -0.1) is 0 Å². The summed E-state index contributed by atoms with van der Waals surface area (Å²) in [6, 6.07) is 6.44. The summed E-state index contributed by atoms with van der Waals surface area (Å²) in [5.41, 5.74) is 0.785. The van der Waals surface area contributed by atoms with E-state index in [0.29, 0.717) is 0 Å². The van der Waals surface area contributed by atoms with Gasteiger partial charge >= 0.3 is 5.97 Å². The fourth-order valence-electron chi connectivity index (χ4n) is 1.10. The number of rotatable bonds is 3. The van der Waals surface area contributed by atoms with Crippen LogP contribution in [0.2, 0.25) is 0 Å². The third-order valence-electron chi connectivity index (χ3n) is 1.73. The van der Waals surface area contributed by atoms with Gasteiger partial charge in [0.1, 0.15) is 11.9 Å². The van der Waals surface area contributed by atoms with Crippen LogP contribution in [0, 0.1) is 0 Å². The minimum Gasteiger partial charge on any atom is -0.508 e. The minimum absolute atomic E-state index is 0.180. The van der Waals surface area contributed by atoms with Crippen molar-refractivity contribution in [3.8, 4) is 5.75 Å². The molecule has 1 aromatic rings. The maximum Gasteiger partial charge on any atom is 0.303 e. The molecule has 3 heteroatoms. The summed E-state index contributed by atoms with van der Waals surface area (Å²) in [5.74, 6) is -0.178. The van der Waals surface area contributed by atoms with E-state index < -0.39 is 6.10 Å². The van der Waals surface area contributed by atoms with E-state index in [1.165, 1.54) is 25.1 Å². The highest BCUT2D eigenvalue weighted by Gasteiger charge is 2.09. The number of aromatic hydroxyl groups is 1. The lowest BCUT2D eigenvalue weighted by atomic mass is 10.1. The summed E-state index contributed by atoms with van der Waals surface area (Å²) in [5, 5.41) is 9.06. The van der Waals surface area contributed by atoms with Crippen molar-refractivity contribution in [2.75, 3.05) is 0 Å². The highest BCUT2D eigenvalue weighted by Crippen LogP contribution is 2.20. The van der Waals surface area contributed by atoms with Crippen molar-refractivity contribution in [1.29, 1.82) is 0 Å². The Kier molecular flexibility index (Phi) is 3.29. The highest BCUT2D eigenvalue weighted by molar-refractivity contribution is 5.66. The van der Waals surface area contributed by atoms with Gasteiger partial charge in [-0.05, 0) is 23.8 Å². The topological polar surface area (TPSA) is 46.5 Å². The Labute approximate surface area is 82.6 Å². The first-order chi connectivity index (χ1) is 6.63. The molecule has 1 atom stereocenters. The van der Waals surface area contributed by atoms with Crippen molar-refractivity contribution < 1.29 is 14.6 Å². The quantitative estimate of drug-likeness (QED) is 0.589. The van der Waals surface area contributed by atoms with Crippen LogP contribution in [0.15, 0.2) is 36.9 Å². The molecule has 1 N–H and O–H groups in total. The largest absolute Gasteiger partial charge is 0.508 e. The Balaban J connectivity index is 2.84. The molecule has 3 nitrogen and oxygen atoms in total. The average molecular weight is 192 g/mol. The molecule has 0 unspecified atom stereocenters. The zero-order valence-corrected chi connectivity index (χ0v) is 7.93. The second-order valence-electron chi connectivity index (χ2n) is 2.86. The van der Waals surface area contributed by atoms with E-state index in [-0.39, 0.29) is 11.7 Å². The van der Waals surface area contributed by atoms with Crippen LogP contribution in [-0.4, -0.2) is 11.1 Å². The SMILES string of the molecule is C=C[C@H](OC(C)=O)c1ccc(O)cc1. The smallest absolute Gasteiger partial charge is 0.303 e. The normalized spacial score (nSPS) is 11.8. The zero-order valence-electron chi connectivity index (χ0n) is 7.93. The maximum atomic E-state index is 10.7. The van der Waals surface area contributed by atoms with Crippen molar-refractivity contribution in [2.45, 2.75) is 13.0 Å². The van der Waals surface area contributed by atoms with E-state index in [0.717, 1.165) is 5.56 Å². The second-order valence-corrected chi connectivity index (χ2v) is 2.86. The fourth-order valence-corrected chi connectivity index (χ4v) is 1.10. The van der Waals surface area contributed by atoms with E-state index in [9.17, 15) is 4.79 Å². The van der Waals surface area contributed by atoms with Crippen LogP contribution in [0.4, 0.5) is 0 Å². The number of ether oxygens (including phenoxy) is 1. The summed E-state index contributed by atoms with van der Waals surface area (Å²) >= 11 is 0. The van der Waals surface area contributed by atoms with Crippen LogP contribution in [0.5, 0.6) is 5.75 Å². The number of phenols is 1. The average Bonchev–Trinajstić information content (AvgIpc) is 2.15. The maximum absolute atomic E-state index is 10.7. The molecule has 1 aromatic carbocycles. The van der Waals surface area contributed by atoms with Crippen molar-refractivity contribution in [1.82, 2.24) is 0 Å². The Morgan fingerprint density at radius 1 is 1.50 bits per heavy atom. The predicted octanol–water partition coefficient (Wildman–Crippen LogP) is 2.18. The Morgan fingerprint density at radius 3 is 2.50 bits per heavy atom. The van der Waals surface area contributed by atoms with E-state index in [4.69, 9.17) is 9.84 Å². The van der Waals surface area contributed by atoms with Crippen LogP contribution in [0.25, 0.3) is 0 Å². The molecule has 74 valence electrons. The van der Waals surface area contributed by atoms with Gasteiger partial charge in [0, 0.05) is 6.92 Å². The standard InChI is InChI=1S/C11H12O3/c1-3-11(14-8(2)12)9-4-6-10(13)7-5-9/h3-7,11,13H,1H2,2H3/t11-/m0/s1. The lowest BCUT2D eigenvalue weighted by Gasteiger charge is -2.12. The molecule has 0 bridgehead atoms.